The molecule has 1 amide bonds. The quantitative estimate of drug-likeness (QED) is 0.690. The van der Waals surface area contributed by atoms with Gasteiger partial charge < -0.3 is 15.3 Å². The number of carbonyl (C=O) groups excluding carboxylic acids is 1. The van der Waals surface area contributed by atoms with Crippen molar-refractivity contribution < 1.29 is 14.7 Å². The minimum Gasteiger partial charge on any atom is -0.480 e. The van der Waals surface area contributed by atoms with Gasteiger partial charge in [-0.15, -0.1) is 6.58 Å². The van der Waals surface area contributed by atoms with Gasteiger partial charge in [0.05, 0.1) is 6.04 Å². The van der Waals surface area contributed by atoms with E-state index in [9.17, 15) is 9.59 Å². The lowest BCUT2D eigenvalue weighted by Crippen LogP contribution is -2.52. The van der Waals surface area contributed by atoms with Gasteiger partial charge in [-0.1, -0.05) is 6.08 Å². The van der Waals surface area contributed by atoms with Gasteiger partial charge in [0.25, 0.3) is 0 Å². The second-order valence-corrected chi connectivity index (χ2v) is 5.78. The van der Waals surface area contributed by atoms with Gasteiger partial charge in [-0.25, -0.2) is 0 Å². The predicted octanol–water partition coefficient (Wildman–Crippen LogP) is 0.302. The number of carboxylic acid groups (broad SMARTS) is 1. The van der Waals surface area contributed by atoms with E-state index in [0.717, 1.165) is 45.3 Å². The maximum absolute atomic E-state index is 12.7. The summed E-state index contributed by atoms with van der Waals surface area (Å²) in [5.74, 6) is -1.04. The van der Waals surface area contributed by atoms with Crippen molar-refractivity contribution in [2.75, 3.05) is 32.7 Å². The number of amides is 1. The van der Waals surface area contributed by atoms with Crippen molar-refractivity contribution in [3.05, 3.63) is 12.7 Å². The Hall–Kier alpha value is -1.40. The SMILES string of the molecule is C=CCN(CC(=O)O)C(=O)C1CCCN1C1CCNCC1. The van der Waals surface area contributed by atoms with Gasteiger partial charge in [0.2, 0.25) is 5.91 Å². The molecular weight excluding hydrogens is 270 g/mol. The van der Waals surface area contributed by atoms with E-state index in [2.05, 4.69) is 16.8 Å². The molecule has 2 saturated heterocycles. The fourth-order valence-corrected chi connectivity index (χ4v) is 3.39. The van der Waals surface area contributed by atoms with Crippen LogP contribution in [0.25, 0.3) is 0 Å². The first-order valence-electron chi connectivity index (χ1n) is 7.71. The largest absolute Gasteiger partial charge is 0.480 e. The number of hydrogen-bond acceptors (Lipinski definition) is 4. The maximum Gasteiger partial charge on any atom is 0.323 e. The molecule has 0 spiro atoms. The molecule has 1 atom stereocenters. The van der Waals surface area contributed by atoms with Crippen molar-refractivity contribution in [3.63, 3.8) is 0 Å². The van der Waals surface area contributed by atoms with Crippen molar-refractivity contribution in [1.82, 2.24) is 15.1 Å². The van der Waals surface area contributed by atoms with Crippen LogP contribution in [0, 0.1) is 0 Å². The molecule has 0 aliphatic carbocycles. The highest BCUT2D eigenvalue weighted by atomic mass is 16.4. The molecule has 1 unspecified atom stereocenters. The van der Waals surface area contributed by atoms with Crippen LogP contribution in [-0.4, -0.2) is 71.6 Å². The third-order valence-corrected chi connectivity index (χ3v) is 4.34. The first-order valence-corrected chi connectivity index (χ1v) is 7.71. The van der Waals surface area contributed by atoms with Crippen molar-refractivity contribution in [2.24, 2.45) is 0 Å². The van der Waals surface area contributed by atoms with Gasteiger partial charge in [0.1, 0.15) is 6.54 Å². The molecule has 0 bridgehead atoms. The molecule has 2 rings (SSSR count). The van der Waals surface area contributed by atoms with Crippen LogP contribution in [0.15, 0.2) is 12.7 Å². The summed E-state index contributed by atoms with van der Waals surface area (Å²) in [5, 5.41) is 12.3. The second kappa shape index (κ2) is 7.56. The van der Waals surface area contributed by atoms with Gasteiger partial charge >= 0.3 is 5.97 Å². The van der Waals surface area contributed by atoms with E-state index in [4.69, 9.17) is 5.11 Å². The van der Waals surface area contributed by atoms with Gasteiger partial charge in [-0.3, -0.25) is 14.5 Å². The zero-order chi connectivity index (χ0) is 15.2. The Labute approximate surface area is 125 Å². The number of aliphatic carboxylic acids is 1. The number of carbonyl (C=O) groups is 2. The number of nitrogens with one attached hydrogen (secondary N) is 1. The summed E-state index contributed by atoms with van der Waals surface area (Å²) >= 11 is 0. The maximum atomic E-state index is 12.7. The summed E-state index contributed by atoms with van der Waals surface area (Å²) in [6, 6.07) is 0.283. The van der Waals surface area contributed by atoms with Gasteiger partial charge in [0.15, 0.2) is 0 Å². The molecule has 0 radical (unpaired) electrons. The Morgan fingerprint density at radius 3 is 2.67 bits per heavy atom. The van der Waals surface area contributed by atoms with E-state index in [-0.39, 0.29) is 18.5 Å². The van der Waals surface area contributed by atoms with E-state index in [1.54, 1.807) is 6.08 Å². The Kier molecular flexibility index (Phi) is 5.76. The molecule has 2 fully saturated rings. The summed E-state index contributed by atoms with van der Waals surface area (Å²) in [4.78, 5) is 27.3. The normalized spacial score (nSPS) is 23.9. The van der Waals surface area contributed by atoms with E-state index in [1.165, 1.54) is 4.90 Å². The molecule has 0 aromatic rings. The minimum atomic E-state index is -0.975. The summed E-state index contributed by atoms with van der Waals surface area (Å²) in [6.45, 7) is 6.59. The summed E-state index contributed by atoms with van der Waals surface area (Å²) in [5.41, 5.74) is 0. The topological polar surface area (TPSA) is 72.9 Å². The first kappa shape index (κ1) is 16.0. The van der Waals surface area contributed by atoms with Gasteiger partial charge in [-0.2, -0.15) is 0 Å². The molecule has 6 nitrogen and oxygen atoms in total. The fourth-order valence-electron chi connectivity index (χ4n) is 3.39. The van der Waals surface area contributed by atoms with Crippen LogP contribution in [0.1, 0.15) is 25.7 Å². The summed E-state index contributed by atoms with van der Waals surface area (Å²) in [6.07, 6.45) is 5.55. The molecule has 2 aliphatic heterocycles. The first-order chi connectivity index (χ1) is 10.1. The molecule has 2 aliphatic rings. The van der Waals surface area contributed by atoms with Crippen molar-refractivity contribution in [1.29, 1.82) is 0 Å². The Morgan fingerprint density at radius 2 is 2.05 bits per heavy atom. The number of piperidine rings is 1. The molecule has 0 aromatic heterocycles. The molecule has 2 heterocycles. The lowest BCUT2D eigenvalue weighted by Gasteiger charge is -2.36. The molecule has 2 N–H and O–H groups in total. The van der Waals surface area contributed by atoms with Crippen LogP contribution >= 0.6 is 0 Å². The third-order valence-electron chi connectivity index (χ3n) is 4.34. The zero-order valence-electron chi connectivity index (χ0n) is 12.5. The van der Waals surface area contributed by atoms with Gasteiger partial charge in [-0.05, 0) is 45.3 Å². The van der Waals surface area contributed by atoms with Crippen LogP contribution in [0.5, 0.6) is 0 Å². The molecule has 0 aromatic carbocycles. The van der Waals surface area contributed by atoms with Crippen LogP contribution in [0.3, 0.4) is 0 Å². The van der Waals surface area contributed by atoms with E-state index >= 15 is 0 Å². The number of nitrogens with zero attached hydrogens (tertiary/aromatic N) is 2. The molecule has 21 heavy (non-hydrogen) atoms. The van der Waals surface area contributed by atoms with E-state index in [0.29, 0.717) is 12.6 Å². The predicted molar refractivity (Wildman–Crippen MR) is 80.0 cm³/mol. The number of carboxylic acids is 1. The average Bonchev–Trinajstić information content (AvgIpc) is 2.96. The second-order valence-electron chi connectivity index (χ2n) is 5.78. The smallest absolute Gasteiger partial charge is 0.323 e. The number of likely N-dealkylation sites (tertiary alicyclic amines) is 1. The van der Waals surface area contributed by atoms with E-state index < -0.39 is 5.97 Å². The van der Waals surface area contributed by atoms with Crippen LogP contribution in [-0.2, 0) is 9.59 Å². The monoisotopic (exact) mass is 295 g/mol. The lowest BCUT2D eigenvalue weighted by atomic mass is 10.0. The summed E-state index contributed by atoms with van der Waals surface area (Å²) < 4.78 is 0. The van der Waals surface area contributed by atoms with Gasteiger partial charge in [0, 0.05) is 12.6 Å². The standard InChI is InChI=1S/C15H25N3O3/c1-2-9-17(11-14(19)20)15(21)13-4-3-10-18(13)12-5-7-16-8-6-12/h2,12-13,16H,1,3-11H2,(H,19,20). The van der Waals surface area contributed by atoms with E-state index in [1.807, 2.05) is 0 Å². The third kappa shape index (κ3) is 4.04. The van der Waals surface area contributed by atoms with Crippen molar-refractivity contribution in [2.45, 2.75) is 37.8 Å². The highest BCUT2D eigenvalue weighted by Gasteiger charge is 2.37. The van der Waals surface area contributed by atoms with Crippen molar-refractivity contribution in [3.8, 4) is 0 Å². The Balaban J connectivity index is 2.03. The minimum absolute atomic E-state index is 0.0617. The van der Waals surface area contributed by atoms with Crippen molar-refractivity contribution >= 4 is 11.9 Å². The lowest BCUT2D eigenvalue weighted by molar-refractivity contribution is -0.146. The van der Waals surface area contributed by atoms with Crippen LogP contribution in [0.2, 0.25) is 0 Å². The fraction of sp³-hybridized carbons (Fsp3) is 0.733. The molecule has 118 valence electrons. The Bertz CT molecular complexity index is 394. The Morgan fingerprint density at radius 1 is 1.33 bits per heavy atom. The summed E-state index contributed by atoms with van der Waals surface area (Å²) in [7, 11) is 0. The highest BCUT2D eigenvalue weighted by Crippen LogP contribution is 2.25. The molecule has 0 saturated carbocycles. The molecular formula is C15H25N3O3. The highest BCUT2D eigenvalue weighted by molar-refractivity contribution is 5.85. The average molecular weight is 295 g/mol. The number of hydrogen-bond donors (Lipinski definition) is 2. The number of rotatable bonds is 6. The van der Waals surface area contributed by atoms with Crippen LogP contribution < -0.4 is 5.32 Å². The zero-order valence-corrected chi connectivity index (χ0v) is 12.5. The van der Waals surface area contributed by atoms with Crippen LogP contribution in [0.4, 0.5) is 0 Å². The molecule has 6 heteroatoms.